The SMILES string of the molecule is NC(Cc1ccccc1)C(O)C(=O)N[C@@H](CCC(=O)O)C(=O)O. The number of nitrogens with one attached hydrogen (secondary N) is 1. The van der Waals surface area contributed by atoms with Gasteiger partial charge in [-0.3, -0.25) is 9.59 Å². The van der Waals surface area contributed by atoms with Crippen LogP contribution in [0.3, 0.4) is 0 Å². The molecule has 0 aromatic heterocycles. The van der Waals surface area contributed by atoms with Crippen LogP contribution in [0.5, 0.6) is 0 Å². The van der Waals surface area contributed by atoms with E-state index in [2.05, 4.69) is 5.32 Å². The van der Waals surface area contributed by atoms with Crippen molar-refractivity contribution in [1.29, 1.82) is 0 Å². The van der Waals surface area contributed by atoms with Crippen molar-refractivity contribution in [2.45, 2.75) is 37.5 Å². The Morgan fingerprint density at radius 2 is 1.74 bits per heavy atom. The van der Waals surface area contributed by atoms with E-state index < -0.39 is 42.5 Å². The number of carboxylic acid groups (broad SMARTS) is 2. The molecule has 0 aliphatic rings. The first kappa shape index (κ1) is 18.6. The Morgan fingerprint density at radius 1 is 1.13 bits per heavy atom. The highest BCUT2D eigenvalue weighted by Crippen LogP contribution is 2.06. The smallest absolute Gasteiger partial charge is 0.326 e. The summed E-state index contributed by atoms with van der Waals surface area (Å²) in [4.78, 5) is 33.4. The first-order valence-corrected chi connectivity index (χ1v) is 7.03. The Balaban J connectivity index is 2.59. The van der Waals surface area contributed by atoms with Gasteiger partial charge in [0, 0.05) is 12.5 Å². The van der Waals surface area contributed by atoms with Crippen LogP contribution >= 0.6 is 0 Å². The van der Waals surface area contributed by atoms with Crippen LogP contribution in [0.2, 0.25) is 0 Å². The summed E-state index contributed by atoms with van der Waals surface area (Å²) in [7, 11) is 0. The number of amides is 1. The van der Waals surface area contributed by atoms with E-state index in [1.807, 2.05) is 6.07 Å². The molecule has 0 heterocycles. The number of carbonyl (C=O) groups is 3. The molecule has 0 bridgehead atoms. The van der Waals surface area contributed by atoms with Crippen LogP contribution in [-0.4, -0.2) is 51.4 Å². The van der Waals surface area contributed by atoms with E-state index in [1.54, 1.807) is 24.3 Å². The van der Waals surface area contributed by atoms with E-state index in [0.717, 1.165) is 5.56 Å². The third kappa shape index (κ3) is 6.45. The summed E-state index contributed by atoms with van der Waals surface area (Å²) in [5, 5.41) is 29.6. The molecule has 6 N–H and O–H groups in total. The summed E-state index contributed by atoms with van der Waals surface area (Å²) >= 11 is 0. The molecular weight excluding hydrogens is 304 g/mol. The molecule has 0 fully saturated rings. The van der Waals surface area contributed by atoms with Gasteiger partial charge in [-0.1, -0.05) is 30.3 Å². The van der Waals surface area contributed by atoms with Crippen LogP contribution in [0, 0.1) is 0 Å². The molecule has 1 rings (SSSR count). The largest absolute Gasteiger partial charge is 0.481 e. The van der Waals surface area contributed by atoms with Crippen molar-refractivity contribution in [1.82, 2.24) is 5.32 Å². The zero-order chi connectivity index (χ0) is 17.4. The van der Waals surface area contributed by atoms with E-state index in [1.165, 1.54) is 0 Å². The highest BCUT2D eigenvalue weighted by atomic mass is 16.4. The van der Waals surface area contributed by atoms with E-state index in [9.17, 15) is 19.5 Å². The molecule has 1 aromatic rings. The highest BCUT2D eigenvalue weighted by molar-refractivity contribution is 5.86. The van der Waals surface area contributed by atoms with Gasteiger partial charge in [0.05, 0.1) is 0 Å². The third-order valence-electron chi connectivity index (χ3n) is 3.25. The van der Waals surface area contributed by atoms with Crippen molar-refractivity contribution in [3.05, 3.63) is 35.9 Å². The topological polar surface area (TPSA) is 150 Å². The van der Waals surface area contributed by atoms with Crippen molar-refractivity contribution in [2.75, 3.05) is 0 Å². The lowest BCUT2D eigenvalue weighted by Crippen LogP contribution is -2.52. The van der Waals surface area contributed by atoms with Gasteiger partial charge in [-0.2, -0.15) is 0 Å². The second-order valence-electron chi connectivity index (χ2n) is 5.13. The van der Waals surface area contributed by atoms with Crippen LogP contribution in [0.15, 0.2) is 30.3 Å². The Kier molecular flexibility index (Phi) is 7.17. The summed E-state index contributed by atoms with van der Waals surface area (Å²) < 4.78 is 0. The molecule has 23 heavy (non-hydrogen) atoms. The molecule has 0 aliphatic heterocycles. The minimum Gasteiger partial charge on any atom is -0.481 e. The minimum atomic E-state index is -1.60. The van der Waals surface area contributed by atoms with Gasteiger partial charge in [-0.05, 0) is 18.4 Å². The average molecular weight is 324 g/mol. The van der Waals surface area contributed by atoms with Crippen molar-refractivity contribution in [2.24, 2.45) is 5.73 Å². The van der Waals surface area contributed by atoms with Gasteiger partial charge in [0.15, 0.2) is 0 Å². The summed E-state index contributed by atoms with van der Waals surface area (Å²) in [6.45, 7) is 0. The van der Waals surface area contributed by atoms with Crippen LogP contribution in [0.25, 0.3) is 0 Å². The summed E-state index contributed by atoms with van der Waals surface area (Å²) in [6, 6.07) is 6.68. The zero-order valence-corrected chi connectivity index (χ0v) is 12.4. The van der Waals surface area contributed by atoms with Crippen molar-refractivity contribution in [3.63, 3.8) is 0 Å². The predicted molar refractivity (Wildman–Crippen MR) is 80.6 cm³/mol. The number of carboxylic acids is 2. The Labute approximate surface area is 132 Å². The number of nitrogens with two attached hydrogens (primary N) is 1. The zero-order valence-electron chi connectivity index (χ0n) is 12.4. The normalized spacial score (nSPS) is 14.5. The number of hydrogen-bond donors (Lipinski definition) is 5. The van der Waals surface area contributed by atoms with E-state index in [-0.39, 0.29) is 12.8 Å². The standard InChI is InChI=1S/C15H20N2O6/c16-10(8-9-4-2-1-3-5-9)13(20)14(21)17-11(15(22)23)6-7-12(18)19/h1-5,10-11,13,20H,6-8,16H2,(H,17,21)(H,18,19)(H,22,23)/t10?,11-,13?/m0/s1. The molecule has 126 valence electrons. The number of rotatable bonds is 9. The molecule has 0 aliphatic carbocycles. The van der Waals surface area contributed by atoms with Gasteiger partial charge in [0.1, 0.15) is 12.1 Å². The minimum absolute atomic E-state index is 0.238. The lowest BCUT2D eigenvalue weighted by Gasteiger charge is -2.21. The first-order valence-electron chi connectivity index (χ1n) is 7.03. The van der Waals surface area contributed by atoms with Crippen LogP contribution < -0.4 is 11.1 Å². The van der Waals surface area contributed by atoms with Crippen LogP contribution in [0.1, 0.15) is 18.4 Å². The van der Waals surface area contributed by atoms with E-state index in [4.69, 9.17) is 15.9 Å². The van der Waals surface area contributed by atoms with Crippen LogP contribution in [-0.2, 0) is 20.8 Å². The van der Waals surface area contributed by atoms with E-state index in [0.29, 0.717) is 0 Å². The monoisotopic (exact) mass is 324 g/mol. The summed E-state index contributed by atoms with van der Waals surface area (Å²) in [5.41, 5.74) is 6.60. The van der Waals surface area contributed by atoms with Gasteiger partial charge in [-0.15, -0.1) is 0 Å². The fraction of sp³-hybridized carbons (Fsp3) is 0.400. The Morgan fingerprint density at radius 3 is 2.26 bits per heavy atom. The molecule has 8 heteroatoms. The molecule has 1 aromatic carbocycles. The van der Waals surface area contributed by atoms with Gasteiger partial charge < -0.3 is 26.4 Å². The lowest BCUT2D eigenvalue weighted by atomic mass is 10.0. The maximum atomic E-state index is 11.9. The van der Waals surface area contributed by atoms with Crippen molar-refractivity contribution < 1.29 is 29.7 Å². The molecule has 0 saturated carbocycles. The molecular formula is C15H20N2O6. The highest BCUT2D eigenvalue weighted by Gasteiger charge is 2.28. The number of hydrogen-bond acceptors (Lipinski definition) is 5. The fourth-order valence-electron chi connectivity index (χ4n) is 1.97. The van der Waals surface area contributed by atoms with Gasteiger partial charge in [-0.25, -0.2) is 4.79 Å². The molecule has 3 atom stereocenters. The summed E-state index contributed by atoms with van der Waals surface area (Å²) in [5.74, 6) is -3.48. The summed E-state index contributed by atoms with van der Waals surface area (Å²) in [6.07, 6.45) is -2.05. The van der Waals surface area contributed by atoms with Gasteiger partial charge in [0.2, 0.25) is 0 Å². The van der Waals surface area contributed by atoms with Crippen LogP contribution in [0.4, 0.5) is 0 Å². The Bertz CT molecular complexity index is 548. The number of aliphatic hydroxyl groups is 1. The predicted octanol–water partition coefficient (Wildman–Crippen LogP) is -0.648. The second-order valence-corrected chi connectivity index (χ2v) is 5.13. The molecule has 0 saturated heterocycles. The first-order chi connectivity index (χ1) is 10.8. The molecule has 0 spiro atoms. The molecule has 1 amide bonds. The van der Waals surface area contributed by atoms with Gasteiger partial charge >= 0.3 is 11.9 Å². The van der Waals surface area contributed by atoms with Crippen molar-refractivity contribution >= 4 is 17.8 Å². The van der Waals surface area contributed by atoms with E-state index >= 15 is 0 Å². The number of benzene rings is 1. The maximum absolute atomic E-state index is 11.9. The number of aliphatic carboxylic acids is 2. The lowest BCUT2D eigenvalue weighted by molar-refractivity contribution is -0.144. The number of aliphatic hydroxyl groups excluding tert-OH is 1. The maximum Gasteiger partial charge on any atom is 0.326 e. The average Bonchev–Trinajstić information content (AvgIpc) is 2.50. The quantitative estimate of drug-likeness (QED) is 0.405. The molecule has 8 nitrogen and oxygen atoms in total. The Hall–Kier alpha value is -2.45. The third-order valence-corrected chi connectivity index (χ3v) is 3.25. The second kappa shape index (κ2) is 8.86. The molecule has 0 radical (unpaired) electrons. The van der Waals surface area contributed by atoms with Gasteiger partial charge in [0.25, 0.3) is 5.91 Å². The fourth-order valence-corrected chi connectivity index (χ4v) is 1.97. The molecule has 2 unspecified atom stereocenters. The number of carbonyl (C=O) groups excluding carboxylic acids is 1. The van der Waals surface area contributed by atoms with Crippen molar-refractivity contribution in [3.8, 4) is 0 Å².